The van der Waals surface area contributed by atoms with Crippen LogP contribution in [0, 0.1) is 11.3 Å². The second kappa shape index (κ2) is 5.40. The average molecular weight is 274 g/mol. The quantitative estimate of drug-likeness (QED) is 0.767. The summed E-state index contributed by atoms with van der Waals surface area (Å²) < 4.78 is 11.4. The van der Waals surface area contributed by atoms with E-state index in [0.29, 0.717) is 17.6 Å². The first-order valence-electron chi connectivity index (χ1n) is 7.90. The van der Waals surface area contributed by atoms with Crippen LogP contribution in [-0.2, 0) is 11.2 Å². The fraction of sp³-hybridized carbons (Fsp3) is 0.667. The average Bonchev–Trinajstić information content (AvgIpc) is 3.20. The number of benzene rings is 1. The molecule has 1 aliphatic carbocycles. The topological polar surface area (TPSA) is 21.8 Å². The van der Waals surface area contributed by atoms with E-state index in [4.69, 9.17) is 9.47 Å². The normalized spacial score (nSPS) is 31.9. The second-order valence-corrected chi connectivity index (χ2v) is 7.21. The van der Waals surface area contributed by atoms with Gasteiger partial charge in [0.1, 0.15) is 5.75 Å². The third-order valence-electron chi connectivity index (χ3n) is 5.10. The number of ether oxygens (including phenoxy) is 2. The molecule has 0 spiro atoms. The molecule has 2 nitrogen and oxygen atoms in total. The van der Waals surface area contributed by atoms with E-state index in [1.807, 2.05) is 0 Å². The molecule has 0 radical (unpaired) electrons. The number of epoxide rings is 1. The number of hydrogen-bond donors (Lipinski definition) is 0. The molecule has 3 rings (SSSR count). The van der Waals surface area contributed by atoms with E-state index in [-0.39, 0.29) is 0 Å². The molecule has 2 heteroatoms. The molecule has 1 saturated heterocycles. The highest BCUT2D eigenvalue weighted by Gasteiger charge is 2.34. The van der Waals surface area contributed by atoms with Gasteiger partial charge in [-0.2, -0.15) is 0 Å². The van der Waals surface area contributed by atoms with Gasteiger partial charge in [-0.1, -0.05) is 32.9 Å². The lowest BCUT2D eigenvalue weighted by molar-refractivity contribution is 0.0450. The van der Waals surface area contributed by atoms with Crippen molar-refractivity contribution in [2.24, 2.45) is 11.3 Å². The predicted molar refractivity (Wildman–Crippen MR) is 81.1 cm³/mol. The van der Waals surface area contributed by atoms with E-state index in [9.17, 15) is 0 Å². The van der Waals surface area contributed by atoms with E-state index >= 15 is 0 Å². The summed E-state index contributed by atoms with van der Waals surface area (Å²) in [5.41, 5.74) is 1.74. The van der Waals surface area contributed by atoms with Crippen molar-refractivity contribution >= 4 is 0 Å². The monoisotopic (exact) mass is 274 g/mol. The molecule has 3 atom stereocenters. The Labute approximate surface area is 122 Å². The van der Waals surface area contributed by atoms with Gasteiger partial charge in [0.15, 0.2) is 0 Å². The minimum atomic E-state index is 0.374. The van der Waals surface area contributed by atoms with Crippen LogP contribution in [0.25, 0.3) is 0 Å². The van der Waals surface area contributed by atoms with Gasteiger partial charge < -0.3 is 9.47 Å². The fourth-order valence-corrected chi connectivity index (χ4v) is 3.16. The Hall–Kier alpha value is -1.02. The van der Waals surface area contributed by atoms with Gasteiger partial charge in [0.05, 0.1) is 18.8 Å². The molecule has 0 aromatic heterocycles. The van der Waals surface area contributed by atoms with Gasteiger partial charge in [-0.05, 0) is 48.3 Å². The van der Waals surface area contributed by atoms with E-state index in [2.05, 4.69) is 45.0 Å². The zero-order valence-electron chi connectivity index (χ0n) is 12.9. The SMILES string of the molecule is CC1CCC(Oc2ccc(CC3CO3)cc2)CC1(C)C. The minimum Gasteiger partial charge on any atom is -0.490 e. The number of rotatable bonds is 4. The molecule has 1 aromatic carbocycles. The van der Waals surface area contributed by atoms with Crippen molar-refractivity contribution in [1.82, 2.24) is 0 Å². The van der Waals surface area contributed by atoms with E-state index in [1.165, 1.54) is 18.4 Å². The predicted octanol–water partition coefficient (Wildman–Crippen LogP) is 4.22. The van der Waals surface area contributed by atoms with Crippen LogP contribution in [0.4, 0.5) is 0 Å². The molecule has 0 bridgehead atoms. The zero-order chi connectivity index (χ0) is 14.2. The maximum atomic E-state index is 6.18. The fourth-order valence-electron chi connectivity index (χ4n) is 3.16. The van der Waals surface area contributed by atoms with Crippen molar-refractivity contribution in [3.05, 3.63) is 29.8 Å². The first-order chi connectivity index (χ1) is 9.53. The highest BCUT2D eigenvalue weighted by molar-refractivity contribution is 5.28. The molecule has 0 N–H and O–H groups in total. The summed E-state index contributed by atoms with van der Waals surface area (Å²) in [6, 6.07) is 8.58. The van der Waals surface area contributed by atoms with Gasteiger partial charge in [-0.25, -0.2) is 0 Å². The summed E-state index contributed by atoms with van der Waals surface area (Å²) in [5, 5.41) is 0. The Morgan fingerprint density at radius 1 is 1.20 bits per heavy atom. The molecule has 2 aliphatic rings. The van der Waals surface area contributed by atoms with Gasteiger partial charge >= 0.3 is 0 Å². The molecule has 1 saturated carbocycles. The van der Waals surface area contributed by atoms with Crippen molar-refractivity contribution in [1.29, 1.82) is 0 Å². The Morgan fingerprint density at radius 2 is 1.90 bits per heavy atom. The second-order valence-electron chi connectivity index (χ2n) is 7.21. The molecule has 20 heavy (non-hydrogen) atoms. The minimum absolute atomic E-state index is 0.374. The smallest absolute Gasteiger partial charge is 0.119 e. The van der Waals surface area contributed by atoms with Crippen LogP contribution in [0.15, 0.2) is 24.3 Å². The lowest BCUT2D eigenvalue weighted by atomic mass is 9.69. The summed E-state index contributed by atoms with van der Waals surface area (Å²) in [4.78, 5) is 0. The summed E-state index contributed by atoms with van der Waals surface area (Å²) >= 11 is 0. The lowest BCUT2D eigenvalue weighted by Crippen LogP contribution is -2.35. The molecular formula is C18H26O2. The summed E-state index contributed by atoms with van der Waals surface area (Å²) in [7, 11) is 0. The first kappa shape index (κ1) is 13.9. The van der Waals surface area contributed by atoms with Crippen LogP contribution < -0.4 is 4.74 Å². The first-order valence-corrected chi connectivity index (χ1v) is 7.90. The van der Waals surface area contributed by atoms with Crippen molar-refractivity contribution < 1.29 is 9.47 Å². The van der Waals surface area contributed by atoms with E-state index in [0.717, 1.165) is 31.1 Å². The maximum absolute atomic E-state index is 6.18. The highest BCUT2D eigenvalue weighted by Crippen LogP contribution is 2.41. The molecule has 2 fully saturated rings. The highest BCUT2D eigenvalue weighted by atomic mass is 16.6. The Kier molecular flexibility index (Phi) is 3.76. The van der Waals surface area contributed by atoms with Gasteiger partial charge in [0, 0.05) is 6.42 Å². The molecule has 1 aliphatic heterocycles. The van der Waals surface area contributed by atoms with Crippen LogP contribution in [0.1, 0.15) is 45.6 Å². The molecule has 0 amide bonds. The largest absolute Gasteiger partial charge is 0.490 e. The van der Waals surface area contributed by atoms with Crippen molar-refractivity contribution in [2.45, 2.75) is 58.7 Å². The van der Waals surface area contributed by atoms with Crippen LogP contribution in [0.5, 0.6) is 5.75 Å². The molecule has 1 heterocycles. The van der Waals surface area contributed by atoms with Gasteiger partial charge in [0.25, 0.3) is 0 Å². The standard InChI is InChI=1S/C18H26O2/c1-13-4-7-16(11-18(13,2)3)20-15-8-5-14(6-9-15)10-17-12-19-17/h5-6,8-9,13,16-17H,4,7,10-12H2,1-3H3. The van der Waals surface area contributed by atoms with Gasteiger partial charge in [-0.15, -0.1) is 0 Å². The third-order valence-corrected chi connectivity index (χ3v) is 5.10. The Balaban J connectivity index is 1.57. The molecule has 110 valence electrons. The summed E-state index contributed by atoms with van der Waals surface area (Å²) in [6.45, 7) is 8.02. The van der Waals surface area contributed by atoms with Gasteiger partial charge in [-0.3, -0.25) is 0 Å². The number of hydrogen-bond acceptors (Lipinski definition) is 2. The third kappa shape index (κ3) is 3.35. The Bertz CT molecular complexity index is 445. The molecule has 3 unspecified atom stereocenters. The van der Waals surface area contributed by atoms with E-state index in [1.54, 1.807) is 0 Å². The van der Waals surface area contributed by atoms with Crippen molar-refractivity contribution in [2.75, 3.05) is 6.61 Å². The van der Waals surface area contributed by atoms with Crippen LogP contribution in [-0.4, -0.2) is 18.8 Å². The van der Waals surface area contributed by atoms with Crippen LogP contribution in [0.2, 0.25) is 0 Å². The van der Waals surface area contributed by atoms with Crippen molar-refractivity contribution in [3.8, 4) is 5.75 Å². The van der Waals surface area contributed by atoms with Crippen LogP contribution >= 0.6 is 0 Å². The molecular weight excluding hydrogens is 248 g/mol. The summed E-state index contributed by atoms with van der Waals surface area (Å²) in [5.74, 6) is 1.81. The Morgan fingerprint density at radius 3 is 2.50 bits per heavy atom. The zero-order valence-corrected chi connectivity index (χ0v) is 12.9. The van der Waals surface area contributed by atoms with Crippen LogP contribution in [0.3, 0.4) is 0 Å². The van der Waals surface area contributed by atoms with E-state index < -0.39 is 0 Å². The van der Waals surface area contributed by atoms with Gasteiger partial charge in [0.2, 0.25) is 0 Å². The lowest BCUT2D eigenvalue weighted by Gasteiger charge is -2.40. The maximum Gasteiger partial charge on any atom is 0.119 e. The van der Waals surface area contributed by atoms with Crippen molar-refractivity contribution in [3.63, 3.8) is 0 Å². The molecule has 1 aromatic rings. The summed E-state index contributed by atoms with van der Waals surface area (Å²) in [6.07, 6.45) is 5.48.